The molecule has 2 heterocycles. The Hall–Kier alpha value is -2.56. The van der Waals surface area contributed by atoms with Crippen molar-refractivity contribution >= 4 is 11.8 Å². The molecule has 5 nitrogen and oxygen atoms in total. The molecule has 2 aromatic rings. The van der Waals surface area contributed by atoms with Crippen molar-refractivity contribution in [1.29, 1.82) is 0 Å². The maximum atomic E-state index is 13.8. The second kappa shape index (κ2) is 10.6. The van der Waals surface area contributed by atoms with E-state index in [0.717, 1.165) is 42.6 Å². The Balaban J connectivity index is 1.47. The number of rotatable bonds is 6. The highest BCUT2D eigenvalue weighted by molar-refractivity contribution is 5.96. The average Bonchev–Trinajstić information content (AvgIpc) is 3.16. The molecule has 1 aromatic heterocycles. The molecule has 1 aliphatic carbocycles. The summed E-state index contributed by atoms with van der Waals surface area (Å²) >= 11 is 0. The Bertz CT molecular complexity index is 951. The molecule has 0 N–H and O–H groups in total. The van der Waals surface area contributed by atoms with Gasteiger partial charge in [0.1, 0.15) is 0 Å². The molecule has 5 heteroatoms. The van der Waals surface area contributed by atoms with Gasteiger partial charge in [-0.3, -0.25) is 9.59 Å². The number of carbonyl (C=O) groups excluding carboxylic acids is 2. The van der Waals surface area contributed by atoms with Crippen LogP contribution in [0, 0.1) is 13.8 Å². The first-order valence-electron chi connectivity index (χ1n) is 12.8. The van der Waals surface area contributed by atoms with Gasteiger partial charge in [0.25, 0.3) is 11.8 Å². The predicted octanol–water partition coefficient (Wildman–Crippen LogP) is 5.77. The second-order valence-electron chi connectivity index (χ2n) is 9.83. The van der Waals surface area contributed by atoms with E-state index >= 15 is 0 Å². The van der Waals surface area contributed by atoms with Gasteiger partial charge in [-0.1, -0.05) is 44.4 Å². The van der Waals surface area contributed by atoms with Crippen LogP contribution in [0.15, 0.2) is 36.4 Å². The molecule has 1 aliphatic heterocycles. The van der Waals surface area contributed by atoms with E-state index in [0.29, 0.717) is 19.1 Å². The van der Waals surface area contributed by atoms with Crippen LogP contribution in [0.3, 0.4) is 0 Å². The molecule has 33 heavy (non-hydrogen) atoms. The summed E-state index contributed by atoms with van der Waals surface area (Å²) in [6.07, 6.45) is 8.96. The second-order valence-corrected chi connectivity index (χ2v) is 9.83. The van der Waals surface area contributed by atoms with Crippen LogP contribution in [0.2, 0.25) is 0 Å². The van der Waals surface area contributed by atoms with Gasteiger partial charge in [-0.2, -0.15) is 0 Å². The number of amides is 2. The van der Waals surface area contributed by atoms with E-state index in [9.17, 15) is 9.59 Å². The van der Waals surface area contributed by atoms with Crippen LogP contribution in [0.4, 0.5) is 0 Å². The molecule has 178 valence electrons. The Morgan fingerprint density at radius 1 is 0.970 bits per heavy atom. The summed E-state index contributed by atoms with van der Waals surface area (Å²) < 4.78 is 2.43. The molecule has 0 unspecified atom stereocenters. The van der Waals surface area contributed by atoms with E-state index in [2.05, 4.69) is 36.3 Å². The molecule has 1 aromatic carbocycles. The first kappa shape index (κ1) is 23.6. The van der Waals surface area contributed by atoms with E-state index in [-0.39, 0.29) is 17.9 Å². The number of hydrogen-bond donors (Lipinski definition) is 0. The van der Waals surface area contributed by atoms with Crippen molar-refractivity contribution in [2.45, 2.75) is 84.2 Å². The third-order valence-corrected chi connectivity index (χ3v) is 7.59. The van der Waals surface area contributed by atoms with Crippen LogP contribution < -0.4 is 0 Å². The Morgan fingerprint density at radius 3 is 2.27 bits per heavy atom. The molecule has 0 radical (unpaired) electrons. The minimum atomic E-state index is 0.0958. The first-order valence-corrected chi connectivity index (χ1v) is 12.8. The van der Waals surface area contributed by atoms with Crippen molar-refractivity contribution < 1.29 is 9.59 Å². The number of benzene rings is 1. The predicted molar refractivity (Wildman–Crippen MR) is 133 cm³/mol. The Kier molecular flexibility index (Phi) is 7.56. The molecule has 0 atom stereocenters. The summed E-state index contributed by atoms with van der Waals surface area (Å²) in [4.78, 5) is 30.6. The lowest BCUT2D eigenvalue weighted by atomic mass is 9.95. The van der Waals surface area contributed by atoms with E-state index in [1.807, 2.05) is 35.2 Å². The fourth-order valence-electron chi connectivity index (χ4n) is 5.88. The number of likely N-dealkylation sites (tertiary alicyclic amines) is 1. The van der Waals surface area contributed by atoms with Gasteiger partial charge < -0.3 is 14.4 Å². The number of aromatic nitrogens is 1. The summed E-state index contributed by atoms with van der Waals surface area (Å²) in [7, 11) is 0. The zero-order chi connectivity index (χ0) is 23.4. The largest absolute Gasteiger partial charge is 0.345 e. The number of carbonyl (C=O) groups is 2. The van der Waals surface area contributed by atoms with Crippen molar-refractivity contribution in [3.8, 4) is 0 Å². The number of nitrogens with zero attached hydrogens (tertiary/aromatic N) is 3. The van der Waals surface area contributed by atoms with Crippen molar-refractivity contribution in [2.24, 2.45) is 0 Å². The van der Waals surface area contributed by atoms with Crippen molar-refractivity contribution in [1.82, 2.24) is 14.4 Å². The summed E-state index contributed by atoms with van der Waals surface area (Å²) in [6.45, 7) is 8.58. The third-order valence-electron chi connectivity index (χ3n) is 7.59. The standard InChI is InChI=1S/C28H39N3O2/c1-4-17-30(24-15-18-29(19-16-24)27(32)23-11-7-5-8-12-23)28(33)26-20-21(2)31(22(26)3)25-13-9-6-10-14-25/h5,7-8,11-12,20,24-25H,4,6,9-10,13-19H2,1-3H3. The number of hydrogen-bond acceptors (Lipinski definition) is 2. The van der Waals surface area contributed by atoms with Crippen LogP contribution in [-0.2, 0) is 0 Å². The van der Waals surface area contributed by atoms with Crippen LogP contribution >= 0.6 is 0 Å². The highest BCUT2D eigenvalue weighted by atomic mass is 16.2. The van der Waals surface area contributed by atoms with Gasteiger partial charge in [-0.05, 0) is 64.2 Å². The molecular formula is C28H39N3O2. The van der Waals surface area contributed by atoms with Gasteiger partial charge in [0.15, 0.2) is 0 Å². The summed E-state index contributed by atoms with van der Waals surface area (Å²) in [6, 6.07) is 12.3. The number of aryl methyl sites for hydroxylation is 1. The number of piperidine rings is 1. The topological polar surface area (TPSA) is 45.6 Å². The molecule has 2 aliphatic rings. The van der Waals surface area contributed by atoms with Crippen molar-refractivity contribution in [3.05, 3.63) is 58.9 Å². The van der Waals surface area contributed by atoms with Crippen LogP contribution in [0.1, 0.15) is 96.4 Å². The lowest BCUT2D eigenvalue weighted by Gasteiger charge is -2.38. The van der Waals surface area contributed by atoms with Crippen LogP contribution in [-0.4, -0.2) is 51.9 Å². The first-order chi connectivity index (χ1) is 16.0. The van der Waals surface area contributed by atoms with E-state index in [1.165, 1.54) is 37.8 Å². The molecule has 2 fully saturated rings. The SMILES string of the molecule is CCCN(C(=O)c1cc(C)n(C2CCCCC2)c1C)C1CCN(C(=O)c2ccccc2)CC1. The smallest absolute Gasteiger partial charge is 0.255 e. The zero-order valence-corrected chi connectivity index (χ0v) is 20.6. The highest BCUT2D eigenvalue weighted by Gasteiger charge is 2.32. The van der Waals surface area contributed by atoms with Gasteiger partial charge in [-0.15, -0.1) is 0 Å². The maximum Gasteiger partial charge on any atom is 0.255 e. The molecule has 1 saturated carbocycles. The van der Waals surface area contributed by atoms with Gasteiger partial charge in [0.2, 0.25) is 0 Å². The fraction of sp³-hybridized carbons (Fsp3) is 0.571. The minimum Gasteiger partial charge on any atom is -0.345 e. The quantitative estimate of drug-likeness (QED) is 0.562. The minimum absolute atomic E-state index is 0.0958. The summed E-state index contributed by atoms with van der Waals surface area (Å²) in [5.74, 6) is 0.262. The van der Waals surface area contributed by atoms with Crippen LogP contribution in [0.25, 0.3) is 0 Å². The lowest BCUT2D eigenvalue weighted by Crippen LogP contribution is -2.49. The third kappa shape index (κ3) is 5.02. The van der Waals surface area contributed by atoms with E-state index < -0.39 is 0 Å². The van der Waals surface area contributed by atoms with Gasteiger partial charge in [0, 0.05) is 48.7 Å². The van der Waals surface area contributed by atoms with Gasteiger partial charge in [0.05, 0.1) is 5.56 Å². The normalized spacial score (nSPS) is 17.8. The molecule has 1 saturated heterocycles. The zero-order valence-electron chi connectivity index (χ0n) is 20.6. The fourth-order valence-corrected chi connectivity index (χ4v) is 5.88. The lowest BCUT2D eigenvalue weighted by molar-refractivity contribution is 0.0518. The Morgan fingerprint density at radius 2 is 1.64 bits per heavy atom. The van der Waals surface area contributed by atoms with E-state index in [1.54, 1.807) is 0 Å². The summed E-state index contributed by atoms with van der Waals surface area (Å²) in [5, 5.41) is 0. The molecular weight excluding hydrogens is 410 g/mol. The van der Waals surface area contributed by atoms with Crippen molar-refractivity contribution in [3.63, 3.8) is 0 Å². The van der Waals surface area contributed by atoms with Crippen LogP contribution in [0.5, 0.6) is 0 Å². The van der Waals surface area contributed by atoms with Gasteiger partial charge >= 0.3 is 0 Å². The molecule has 4 rings (SSSR count). The Labute approximate surface area is 198 Å². The molecule has 0 bridgehead atoms. The summed E-state index contributed by atoms with van der Waals surface area (Å²) in [5.41, 5.74) is 3.95. The highest BCUT2D eigenvalue weighted by Crippen LogP contribution is 2.33. The maximum absolute atomic E-state index is 13.8. The molecule has 0 spiro atoms. The average molecular weight is 450 g/mol. The van der Waals surface area contributed by atoms with Crippen molar-refractivity contribution in [2.75, 3.05) is 19.6 Å². The van der Waals surface area contributed by atoms with Gasteiger partial charge in [-0.25, -0.2) is 0 Å². The van der Waals surface area contributed by atoms with E-state index in [4.69, 9.17) is 0 Å². The monoisotopic (exact) mass is 449 g/mol. The molecule has 2 amide bonds.